The maximum Gasteiger partial charge on any atom is 0.326 e. The van der Waals surface area contributed by atoms with Crippen LogP contribution in [0.1, 0.15) is 77.6 Å². The Kier molecular flexibility index (Phi) is 21.0. The van der Waals surface area contributed by atoms with Crippen molar-refractivity contribution in [2.45, 2.75) is 83.6 Å². The third-order valence-corrected chi connectivity index (χ3v) is 4.78. The summed E-state index contributed by atoms with van der Waals surface area (Å²) in [7, 11) is 0. The lowest BCUT2D eigenvalue weighted by Crippen LogP contribution is -2.41. The first-order chi connectivity index (χ1) is 16.5. The second-order valence-corrected chi connectivity index (χ2v) is 7.86. The second kappa shape index (κ2) is 23.1. The van der Waals surface area contributed by atoms with Crippen molar-refractivity contribution in [1.82, 2.24) is 5.32 Å². The van der Waals surface area contributed by atoms with Crippen molar-refractivity contribution in [2.24, 2.45) is 16.5 Å². The van der Waals surface area contributed by atoms with Gasteiger partial charge in [-0.2, -0.15) is 0 Å². The van der Waals surface area contributed by atoms with Crippen molar-refractivity contribution in [3.05, 3.63) is 60.8 Å². The fourth-order valence-corrected chi connectivity index (χ4v) is 2.94. The molecule has 0 fully saturated rings. The third-order valence-electron chi connectivity index (χ3n) is 4.78. The predicted octanol–water partition coefficient (Wildman–Crippen LogP) is 4.92. The Morgan fingerprint density at radius 3 is 1.85 bits per heavy atom. The summed E-state index contributed by atoms with van der Waals surface area (Å²) in [5, 5.41) is 11.7. The zero-order valence-corrected chi connectivity index (χ0v) is 20.7. The van der Waals surface area contributed by atoms with E-state index < -0.39 is 12.0 Å². The molecule has 0 saturated carbocycles. The van der Waals surface area contributed by atoms with Gasteiger partial charge in [-0.1, -0.05) is 74.1 Å². The van der Waals surface area contributed by atoms with E-state index in [0.717, 1.165) is 57.8 Å². The van der Waals surface area contributed by atoms with Crippen molar-refractivity contribution in [3.63, 3.8) is 0 Å². The van der Waals surface area contributed by atoms with Gasteiger partial charge < -0.3 is 21.9 Å². The van der Waals surface area contributed by atoms with Crippen LogP contribution in [0.25, 0.3) is 0 Å². The highest BCUT2D eigenvalue weighted by Crippen LogP contribution is 2.05. The minimum Gasteiger partial charge on any atom is -0.480 e. The monoisotopic (exact) mass is 472 g/mol. The predicted molar refractivity (Wildman–Crippen MR) is 142 cm³/mol. The van der Waals surface area contributed by atoms with Crippen LogP contribution >= 0.6 is 0 Å². The summed E-state index contributed by atoms with van der Waals surface area (Å²) in [6.45, 7) is 2.30. The van der Waals surface area contributed by atoms with Gasteiger partial charge in [0.1, 0.15) is 6.04 Å². The number of hydrogen-bond acceptors (Lipinski definition) is 3. The Morgan fingerprint density at radius 2 is 1.35 bits per heavy atom. The number of nitrogens with two attached hydrogens (primary N) is 2. The van der Waals surface area contributed by atoms with Gasteiger partial charge in [-0.3, -0.25) is 9.79 Å². The molecule has 0 bridgehead atoms. The van der Waals surface area contributed by atoms with Crippen LogP contribution < -0.4 is 16.8 Å². The molecule has 0 aliphatic carbocycles. The van der Waals surface area contributed by atoms with E-state index >= 15 is 0 Å². The average Bonchev–Trinajstić information content (AvgIpc) is 2.79. The van der Waals surface area contributed by atoms with Crippen LogP contribution in [0.3, 0.4) is 0 Å². The Labute approximate surface area is 205 Å². The number of carbonyl (C=O) groups is 2. The fraction of sp³-hybridized carbons (Fsp3) is 0.519. The van der Waals surface area contributed by atoms with E-state index in [1.165, 1.54) is 0 Å². The van der Waals surface area contributed by atoms with E-state index in [2.05, 4.69) is 78.0 Å². The first-order valence-electron chi connectivity index (χ1n) is 12.3. The standard InChI is InChI=1S/C27H44N4O3/c1-2-3-4-5-6-7-8-9-10-11-12-13-14-15-16-17-18-19-20-21-25(32)31-24(26(33)34)22-23-30-27(28)29/h3-4,6-7,9-10,12-13,15-16,24H,2,5,8,11,14,17-23H2,1H3,(H,31,32)(H,33,34)(H4,28,29,30)/b4-3-,7-6-,10-9-,13-12-,16-15-/t24-/m0/s1. The van der Waals surface area contributed by atoms with Crippen molar-refractivity contribution in [3.8, 4) is 0 Å². The number of guanidine groups is 1. The molecule has 7 heteroatoms. The van der Waals surface area contributed by atoms with Gasteiger partial charge in [0.25, 0.3) is 0 Å². The molecule has 7 nitrogen and oxygen atoms in total. The Hall–Kier alpha value is -3.09. The van der Waals surface area contributed by atoms with E-state index in [-0.39, 0.29) is 24.8 Å². The van der Waals surface area contributed by atoms with Gasteiger partial charge in [0.15, 0.2) is 5.96 Å². The summed E-state index contributed by atoms with van der Waals surface area (Å²) in [5.41, 5.74) is 10.4. The molecule has 34 heavy (non-hydrogen) atoms. The maximum absolute atomic E-state index is 11.9. The van der Waals surface area contributed by atoms with E-state index in [4.69, 9.17) is 11.5 Å². The molecule has 0 aromatic carbocycles. The summed E-state index contributed by atoms with van der Waals surface area (Å²) in [4.78, 5) is 26.9. The number of carbonyl (C=O) groups excluding carboxylic acids is 1. The number of unbranched alkanes of at least 4 members (excludes halogenated alkanes) is 3. The van der Waals surface area contributed by atoms with Gasteiger partial charge in [0.2, 0.25) is 5.91 Å². The molecule has 0 aliphatic heterocycles. The molecule has 190 valence electrons. The molecule has 0 radical (unpaired) electrons. The van der Waals surface area contributed by atoms with Crippen molar-refractivity contribution in [1.29, 1.82) is 0 Å². The molecule has 0 spiro atoms. The van der Waals surface area contributed by atoms with Crippen LogP contribution in [0.2, 0.25) is 0 Å². The third kappa shape index (κ3) is 22.1. The number of carboxylic acids is 1. The molecule has 0 saturated heterocycles. The topological polar surface area (TPSA) is 131 Å². The molecule has 0 rings (SSSR count). The van der Waals surface area contributed by atoms with Gasteiger partial charge >= 0.3 is 5.97 Å². The first kappa shape index (κ1) is 30.9. The van der Waals surface area contributed by atoms with E-state index in [0.29, 0.717) is 6.42 Å². The summed E-state index contributed by atoms with van der Waals surface area (Å²) in [6, 6.07) is -0.975. The molecular weight excluding hydrogens is 428 g/mol. The zero-order valence-electron chi connectivity index (χ0n) is 20.7. The Bertz CT molecular complexity index is 717. The molecule has 0 aromatic heterocycles. The molecule has 0 aromatic rings. The molecule has 0 unspecified atom stereocenters. The molecule has 0 heterocycles. The fourth-order valence-electron chi connectivity index (χ4n) is 2.94. The lowest BCUT2D eigenvalue weighted by atomic mass is 10.1. The number of nitrogens with zero attached hydrogens (tertiary/aromatic N) is 1. The Morgan fingerprint density at radius 1 is 0.824 bits per heavy atom. The highest BCUT2D eigenvalue weighted by Gasteiger charge is 2.18. The molecule has 6 N–H and O–H groups in total. The molecule has 1 atom stereocenters. The summed E-state index contributed by atoms with van der Waals surface area (Å²) in [5.74, 6) is -1.44. The zero-order chi connectivity index (χ0) is 25.3. The SMILES string of the molecule is CC/C=C\C/C=C\C/C=C\C/C=C\C/C=C\CCCCCC(=O)N[C@@H](CCN=C(N)N)C(=O)O. The minimum absolute atomic E-state index is 0.0945. The van der Waals surface area contributed by atoms with E-state index in [1.54, 1.807) is 0 Å². The number of hydrogen-bond donors (Lipinski definition) is 4. The van der Waals surface area contributed by atoms with E-state index in [9.17, 15) is 14.7 Å². The van der Waals surface area contributed by atoms with Crippen molar-refractivity contribution < 1.29 is 14.7 Å². The lowest BCUT2D eigenvalue weighted by molar-refractivity contribution is -0.142. The van der Waals surface area contributed by atoms with Gasteiger partial charge in [0, 0.05) is 13.0 Å². The number of allylic oxidation sites excluding steroid dienone is 10. The summed E-state index contributed by atoms with van der Waals surface area (Å²) >= 11 is 0. The van der Waals surface area contributed by atoms with Crippen LogP contribution in [-0.4, -0.2) is 35.5 Å². The van der Waals surface area contributed by atoms with Crippen LogP contribution in [0.15, 0.2) is 65.8 Å². The van der Waals surface area contributed by atoms with Crippen molar-refractivity contribution >= 4 is 17.8 Å². The first-order valence-corrected chi connectivity index (χ1v) is 12.3. The van der Waals surface area contributed by atoms with Crippen LogP contribution in [0.4, 0.5) is 0 Å². The number of aliphatic carboxylic acids is 1. The summed E-state index contributed by atoms with van der Waals surface area (Å²) in [6.07, 6.45) is 30.9. The molecular formula is C27H44N4O3. The van der Waals surface area contributed by atoms with Crippen LogP contribution in [0.5, 0.6) is 0 Å². The average molecular weight is 473 g/mol. The highest BCUT2D eigenvalue weighted by molar-refractivity contribution is 5.83. The second-order valence-electron chi connectivity index (χ2n) is 7.86. The smallest absolute Gasteiger partial charge is 0.326 e. The van der Waals surface area contributed by atoms with Crippen LogP contribution in [0, 0.1) is 0 Å². The van der Waals surface area contributed by atoms with Gasteiger partial charge in [-0.15, -0.1) is 0 Å². The largest absolute Gasteiger partial charge is 0.480 e. The highest BCUT2D eigenvalue weighted by atomic mass is 16.4. The Balaban J connectivity index is 3.74. The quantitative estimate of drug-likeness (QED) is 0.0864. The van der Waals surface area contributed by atoms with Crippen molar-refractivity contribution in [2.75, 3.05) is 6.54 Å². The minimum atomic E-state index is -1.09. The van der Waals surface area contributed by atoms with Crippen LogP contribution in [-0.2, 0) is 9.59 Å². The lowest BCUT2D eigenvalue weighted by Gasteiger charge is -2.13. The maximum atomic E-state index is 11.9. The van der Waals surface area contributed by atoms with Gasteiger partial charge in [-0.25, -0.2) is 4.79 Å². The number of aliphatic imine (C=N–C) groups is 1. The van der Waals surface area contributed by atoms with Gasteiger partial charge in [0.05, 0.1) is 0 Å². The van der Waals surface area contributed by atoms with E-state index in [1.807, 2.05) is 0 Å². The normalized spacial score (nSPS) is 13.0. The number of amides is 1. The molecule has 1 amide bonds. The number of nitrogens with one attached hydrogen (secondary N) is 1. The number of rotatable bonds is 20. The molecule has 0 aliphatic rings. The summed E-state index contributed by atoms with van der Waals surface area (Å²) < 4.78 is 0. The van der Waals surface area contributed by atoms with Gasteiger partial charge in [-0.05, 0) is 57.8 Å². The number of carboxylic acid groups (broad SMARTS) is 1.